The van der Waals surface area contributed by atoms with Crippen LogP contribution in [-0.2, 0) is 10.1 Å². The molecule has 1 aromatic carbocycles. The van der Waals surface area contributed by atoms with Crippen LogP contribution in [0.25, 0.3) is 10.9 Å². The van der Waals surface area contributed by atoms with Gasteiger partial charge in [-0.1, -0.05) is 47.6 Å². The molecule has 136 valence electrons. The minimum absolute atomic E-state index is 0. The Balaban J connectivity index is 0.00000288. The summed E-state index contributed by atoms with van der Waals surface area (Å²) in [5.41, 5.74) is 2.43. The second kappa shape index (κ2) is 7.20. The van der Waals surface area contributed by atoms with Crippen LogP contribution in [0.3, 0.4) is 0 Å². The van der Waals surface area contributed by atoms with Crippen LogP contribution in [0, 0.1) is 0 Å². The summed E-state index contributed by atoms with van der Waals surface area (Å²) in [6.45, 7) is 13.6. The average Bonchev–Trinajstić information content (AvgIpc) is 2.80. The van der Waals surface area contributed by atoms with Gasteiger partial charge in [0.15, 0.2) is 8.24 Å². The summed E-state index contributed by atoms with van der Waals surface area (Å²) in [5.74, 6) is 0. The topological polar surface area (TPSA) is 59.3 Å². The van der Waals surface area contributed by atoms with Crippen LogP contribution in [-0.4, -0.2) is 25.4 Å². The van der Waals surface area contributed by atoms with E-state index in [1.54, 1.807) is 12.1 Å². The van der Waals surface area contributed by atoms with E-state index in [-0.39, 0.29) is 17.3 Å². The maximum Gasteiger partial charge on any atom is 0.294 e. The zero-order valence-corrected chi connectivity index (χ0v) is 17.8. The molecule has 0 saturated carbocycles. The normalized spacial score (nSPS) is 13.1. The standard InChI is InChI=1S/C17H27NO3SSi.ClH/c1-12(2)23(13(3)4,14(5)6)18-10-9-15-7-8-16(11-17(15)18)22(19,20)21;/h7-14H,1-6H3,(H,19,20,21);1H. The molecule has 0 aliphatic carbocycles. The van der Waals surface area contributed by atoms with Gasteiger partial charge in [-0.3, -0.25) is 4.55 Å². The Morgan fingerprint density at radius 1 is 0.958 bits per heavy atom. The summed E-state index contributed by atoms with van der Waals surface area (Å²) >= 11 is 0. The quantitative estimate of drug-likeness (QED) is 0.555. The third kappa shape index (κ3) is 3.29. The first-order chi connectivity index (χ1) is 10.5. The molecule has 0 amide bonds. The lowest BCUT2D eigenvalue weighted by atomic mass is 10.2. The molecule has 2 aromatic rings. The molecular formula is C17H28ClNO3SSi. The molecule has 4 nitrogen and oxygen atoms in total. The van der Waals surface area contributed by atoms with Gasteiger partial charge in [0.1, 0.15) is 0 Å². The fraction of sp³-hybridized carbons (Fsp3) is 0.529. The van der Waals surface area contributed by atoms with Crippen LogP contribution < -0.4 is 0 Å². The molecule has 0 saturated heterocycles. The van der Waals surface area contributed by atoms with Crippen molar-refractivity contribution in [3.05, 3.63) is 30.5 Å². The van der Waals surface area contributed by atoms with Crippen molar-refractivity contribution in [1.82, 2.24) is 4.23 Å². The van der Waals surface area contributed by atoms with Gasteiger partial charge < -0.3 is 4.23 Å². The van der Waals surface area contributed by atoms with E-state index in [0.717, 1.165) is 10.9 Å². The molecule has 24 heavy (non-hydrogen) atoms. The van der Waals surface area contributed by atoms with Gasteiger partial charge in [0.2, 0.25) is 0 Å². The molecule has 0 fully saturated rings. The largest absolute Gasteiger partial charge is 0.373 e. The van der Waals surface area contributed by atoms with E-state index in [0.29, 0.717) is 16.6 Å². The number of rotatable bonds is 5. The summed E-state index contributed by atoms with van der Waals surface area (Å²) in [5, 5.41) is 1.01. The molecule has 0 radical (unpaired) electrons. The molecule has 1 heterocycles. The van der Waals surface area contributed by atoms with Gasteiger partial charge in [-0.25, -0.2) is 0 Å². The molecule has 0 unspecified atom stereocenters. The average molecular weight is 390 g/mol. The zero-order chi connectivity index (χ0) is 17.6. The lowest BCUT2D eigenvalue weighted by Crippen LogP contribution is -2.51. The maximum atomic E-state index is 11.5. The highest BCUT2D eigenvalue weighted by atomic mass is 35.5. The van der Waals surface area contributed by atoms with Crippen LogP contribution in [0.5, 0.6) is 0 Å². The Hall–Kier alpha value is -0.823. The van der Waals surface area contributed by atoms with Crippen molar-refractivity contribution in [2.75, 3.05) is 0 Å². The number of hydrogen-bond donors (Lipinski definition) is 1. The summed E-state index contributed by atoms with van der Waals surface area (Å²) in [6.07, 6.45) is 2.10. The van der Waals surface area contributed by atoms with Crippen LogP contribution in [0.15, 0.2) is 35.4 Å². The van der Waals surface area contributed by atoms with E-state index in [1.807, 2.05) is 6.07 Å². The van der Waals surface area contributed by atoms with E-state index in [4.69, 9.17) is 0 Å². The van der Waals surface area contributed by atoms with E-state index in [9.17, 15) is 13.0 Å². The van der Waals surface area contributed by atoms with Crippen molar-refractivity contribution in [3.8, 4) is 0 Å². The zero-order valence-electron chi connectivity index (χ0n) is 15.1. The second-order valence-corrected chi connectivity index (χ2v) is 14.4. The lowest BCUT2D eigenvalue weighted by molar-refractivity contribution is 0.483. The number of fused-ring (bicyclic) bond motifs is 1. The molecular weight excluding hydrogens is 362 g/mol. The van der Waals surface area contributed by atoms with Crippen LogP contribution in [0.4, 0.5) is 0 Å². The van der Waals surface area contributed by atoms with Crippen molar-refractivity contribution in [1.29, 1.82) is 0 Å². The number of aromatic nitrogens is 1. The second-order valence-electron chi connectivity index (χ2n) is 7.23. The summed E-state index contributed by atoms with van der Waals surface area (Å²) in [4.78, 5) is -0.0379. The number of nitrogens with zero attached hydrogens (tertiary/aromatic N) is 1. The highest BCUT2D eigenvalue weighted by Crippen LogP contribution is 2.44. The van der Waals surface area contributed by atoms with Gasteiger partial charge in [-0.15, -0.1) is 12.4 Å². The highest BCUT2D eigenvalue weighted by Gasteiger charge is 2.45. The van der Waals surface area contributed by atoms with Gasteiger partial charge in [0.05, 0.1) is 4.90 Å². The van der Waals surface area contributed by atoms with Crippen LogP contribution >= 0.6 is 12.4 Å². The Kier molecular flexibility index (Phi) is 6.36. The number of halogens is 1. The predicted octanol–water partition coefficient (Wildman–Crippen LogP) is 5.33. The highest BCUT2D eigenvalue weighted by molar-refractivity contribution is 7.85. The minimum atomic E-state index is -4.19. The van der Waals surface area contributed by atoms with Gasteiger partial charge >= 0.3 is 0 Å². The molecule has 0 aliphatic rings. The fourth-order valence-corrected chi connectivity index (χ4v) is 11.6. The first kappa shape index (κ1) is 21.2. The first-order valence-corrected chi connectivity index (χ1v) is 11.7. The lowest BCUT2D eigenvalue weighted by Gasteiger charge is -2.44. The Bertz CT molecular complexity index is 791. The molecule has 1 N–H and O–H groups in total. The van der Waals surface area contributed by atoms with E-state index in [2.05, 4.69) is 52.0 Å². The van der Waals surface area contributed by atoms with Crippen molar-refractivity contribution in [2.45, 2.75) is 63.1 Å². The summed E-state index contributed by atoms with van der Waals surface area (Å²) in [7, 11) is -6.15. The van der Waals surface area contributed by atoms with Gasteiger partial charge in [-0.05, 0) is 46.4 Å². The molecule has 0 aliphatic heterocycles. The SMILES string of the molecule is CC(C)[Si](C(C)C)(C(C)C)n1ccc2ccc(S(=O)(=O)O)cc21.Cl. The summed E-state index contributed by atoms with van der Waals surface area (Å²) in [6, 6.07) is 6.89. The Morgan fingerprint density at radius 2 is 1.46 bits per heavy atom. The van der Waals surface area contributed by atoms with Crippen LogP contribution in [0.2, 0.25) is 16.6 Å². The third-order valence-electron chi connectivity index (χ3n) is 5.15. The minimum Gasteiger partial charge on any atom is -0.373 e. The molecule has 1 aromatic heterocycles. The Labute approximate surface area is 152 Å². The molecule has 2 rings (SSSR count). The smallest absolute Gasteiger partial charge is 0.294 e. The van der Waals surface area contributed by atoms with Crippen molar-refractivity contribution < 1.29 is 13.0 Å². The molecule has 0 spiro atoms. The summed E-state index contributed by atoms with van der Waals surface area (Å²) < 4.78 is 34.8. The van der Waals surface area contributed by atoms with E-state index < -0.39 is 18.4 Å². The van der Waals surface area contributed by atoms with Gasteiger partial charge in [0.25, 0.3) is 10.1 Å². The van der Waals surface area contributed by atoms with Crippen molar-refractivity contribution >= 4 is 41.7 Å². The fourth-order valence-electron chi connectivity index (χ4n) is 4.44. The Morgan fingerprint density at radius 3 is 1.88 bits per heavy atom. The monoisotopic (exact) mass is 389 g/mol. The van der Waals surface area contributed by atoms with E-state index >= 15 is 0 Å². The molecule has 7 heteroatoms. The third-order valence-corrected chi connectivity index (χ3v) is 12.8. The van der Waals surface area contributed by atoms with Crippen LogP contribution in [0.1, 0.15) is 41.5 Å². The number of benzene rings is 1. The molecule has 0 atom stereocenters. The maximum absolute atomic E-state index is 11.5. The van der Waals surface area contributed by atoms with Crippen molar-refractivity contribution in [3.63, 3.8) is 0 Å². The molecule has 0 bridgehead atoms. The van der Waals surface area contributed by atoms with Gasteiger partial charge in [-0.2, -0.15) is 8.42 Å². The van der Waals surface area contributed by atoms with E-state index in [1.165, 1.54) is 6.07 Å². The van der Waals surface area contributed by atoms with Gasteiger partial charge in [0, 0.05) is 5.52 Å². The van der Waals surface area contributed by atoms with Crippen molar-refractivity contribution in [2.24, 2.45) is 0 Å². The number of hydrogen-bond acceptors (Lipinski definition) is 2. The first-order valence-electron chi connectivity index (χ1n) is 8.12. The predicted molar refractivity (Wildman–Crippen MR) is 105 cm³/mol.